The fourth-order valence-electron chi connectivity index (χ4n) is 1.39. The SMILES string of the molecule is Oc1ccc(Sc2c(O)cc(O)cc2O)c(O)c1. The average Bonchev–Trinajstić information content (AvgIpc) is 2.25. The van der Waals surface area contributed by atoms with E-state index in [2.05, 4.69) is 0 Å². The van der Waals surface area contributed by atoms with E-state index in [1.807, 2.05) is 0 Å². The molecule has 0 bridgehead atoms. The van der Waals surface area contributed by atoms with Crippen LogP contribution in [0.4, 0.5) is 0 Å². The zero-order valence-electron chi connectivity index (χ0n) is 9.03. The Morgan fingerprint density at radius 1 is 0.667 bits per heavy atom. The Bertz CT molecular complexity index is 574. The van der Waals surface area contributed by atoms with Gasteiger partial charge in [-0.15, -0.1) is 0 Å². The van der Waals surface area contributed by atoms with E-state index >= 15 is 0 Å². The molecule has 0 saturated carbocycles. The Labute approximate surface area is 107 Å². The van der Waals surface area contributed by atoms with Crippen molar-refractivity contribution in [1.82, 2.24) is 0 Å². The van der Waals surface area contributed by atoms with Gasteiger partial charge in [0, 0.05) is 18.2 Å². The third kappa shape index (κ3) is 2.38. The summed E-state index contributed by atoms with van der Waals surface area (Å²) in [4.78, 5) is 0.456. The van der Waals surface area contributed by atoms with Gasteiger partial charge in [-0.25, -0.2) is 0 Å². The first-order valence-corrected chi connectivity index (χ1v) is 5.74. The highest BCUT2D eigenvalue weighted by Crippen LogP contribution is 2.45. The Morgan fingerprint density at radius 2 is 1.22 bits per heavy atom. The summed E-state index contributed by atoms with van der Waals surface area (Å²) in [7, 11) is 0. The zero-order chi connectivity index (χ0) is 13.3. The Balaban J connectivity index is 2.40. The van der Waals surface area contributed by atoms with E-state index in [9.17, 15) is 15.3 Å². The minimum atomic E-state index is -0.301. The van der Waals surface area contributed by atoms with Gasteiger partial charge >= 0.3 is 0 Å². The van der Waals surface area contributed by atoms with Gasteiger partial charge in [-0.2, -0.15) is 0 Å². The maximum atomic E-state index is 9.61. The monoisotopic (exact) mass is 266 g/mol. The lowest BCUT2D eigenvalue weighted by molar-refractivity contribution is 0.410. The fourth-order valence-corrected chi connectivity index (χ4v) is 2.24. The lowest BCUT2D eigenvalue weighted by atomic mass is 10.3. The third-order valence-electron chi connectivity index (χ3n) is 2.19. The van der Waals surface area contributed by atoms with Gasteiger partial charge < -0.3 is 25.5 Å². The number of aromatic hydroxyl groups is 5. The molecule has 6 heteroatoms. The third-order valence-corrected chi connectivity index (χ3v) is 3.38. The van der Waals surface area contributed by atoms with Crippen molar-refractivity contribution in [3.8, 4) is 28.7 Å². The Morgan fingerprint density at radius 3 is 1.78 bits per heavy atom. The van der Waals surface area contributed by atoms with Gasteiger partial charge in [0.05, 0.1) is 9.79 Å². The van der Waals surface area contributed by atoms with Gasteiger partial charge in [0.1, 0.15) is 28.7 Å². The Hall–Kier alpha value is -2.21. The zero-order valence-corrected chi connectivity index (χ0v) is 9.85. The lowest BCUT2D eigenvalue weighted by Gasteiger charge is -2.09. The van der Waals surface area contributed by atoms with Gasteiger partial charge in [-0.05, 0) is 12.1 Å². The molecule has 0 radical (unpaired) electrons. The van der Waals surface area contributed by atoms with Crippen LogP contribution < -0.4 is 0 Å². The molecule has 0 saturated heterocycles. The number of hydrogen-bond donors (Lipinski definition) is 5. The molecular formula is C12H10O5S. The summed E-state index contributed by atoms with van der Waals surface area (Å²) >= 11 is 0.913. The maximum absolute atomic E-state index is 9.61. The fraction of sp³-hybridized carbons (Fsp3) is 0. The van der Waals surface area contributed by atoms with Crippen molar-refractivity contribution in [1.29, 1.82) is 0 Å². The van der Waals surface area contributed by atoms with Crippen molar-refractivity contribution in [3.05, 3.63) is 30.3 Å². The second-order valence-electron chi connectivity index (χ2n) is 3.57. The average molecular weight is 266 g/mol. The van der Waals surface area contributed by atoms with Gasteiger partial charge in [0.2, 0.25) is 0 Å². The van der Waals surface area contributed by atoms with Crippen molar-refractivity contribution >= 4 is 11.8 Å². The highest BCUT2D eigenvalue weighted by molar-refractivity contribution is 7.99. The van der Waals surface area contributed by atoms with Crippen LogP contribution in [0.15, 0.2) is 40.1 Å². The molecule has 94 valence electrons. The molecule has 0 aliphatic rings. The molecule has 18 heavy (non-hydrogen) atoms. The predicted molar refractivity (Wildman–Crippen MR) is 65.3 cm³/mol. The summed E-state index contributed by atoms with van der Waals surface area (Å²) in [6.07, 6.45) is 0. The maximum Gasteiger partial charge on any atom is 0.136 e. The second-order valence-corrected chi connectivity index (χ2v) is 4.62. The predicted octanol–water partition coefficient (Wildman–Crippen LogP) is 2.37. The number of benzene rings is 2. The molecule has 0 fully saturated rings. The van der Waals surface area contributed by atoms with Gasteiger partial charge in [0.25, 0.3) is 0 Å². The van der Waals surface area contributed by atoms with Crippen molar-refractivity contribution < 1.29 is 25.5 Å². The van der Waals surface area contributed by atoms with Gasteiger partial charge in [0.15, 0.2) is 0 Å². The van der Waals surface area contributed by atoms with E-state index in [0.717, 1.165) is 30.0 Å². The van der Waals surface area contributed by atoms with Crippen LogP contribution in [0.5, 0.6) is 28.7 Å². The second kappa shape index (κ2) is 4.58. The van der Waals surface area contributed by atoms with Crippen molar-refractivity contribution in [2.75, 3.05) is 0 Å². The van der Waals surface area contributed by atoms with Crippen molar-refractivity contribution in [2.45, 2.75) is 9.79 Å². The summed E-state index contributed by atoms with van der Waals surface area (Å²) in [5.74, 6) is -1.12. The number of phenolic OH excluding ortho intramolecular Hbond substituents is 5. The van der Waals surface area contributed by atoms with Crippen LogP contribution in [0.2, 0.25) is 0 Å². The molecular weight excluding hydrogens is 256 g/mol. The minimum Gasteiger partial charge on any atom is -0.508 e. The van der Waals surface area contributed by atoms with Crippen LogP contribution in [0.25, 0.3) is 0 Å². The van der Waals surface area contributed by atoms with E-state index in [-0.39, 0.29) is 33.6 Å². The smallest absolute Gasteiger partial charge is 0.136 e. The quantitative estimate of drug-likeness (QED) is 0.572. The molecule has 2 aromatic rings. The molecule has 5 nitrogen and oxygen atoms in total. The number of rotatable bonds is 2. The van der Waals surface area contributed by atoms with Crippen LogP contribution in [-0.4, -0.2) is 25.5 Å². The summed E-state index contributed by atoms with van der Waals surface area (Å²) < 4.78 is 0. The van der Waals surface area contributed by atoms with E-state index < -0.39 is 0 Å². The highest BCUT2D eigenvalue weighted by atomic mass is 32.2. The normalized spacial score (nSPS) is 10.4. The Kier molecular flexibility index (Phi) is 3.12. The van der Waals surface area contributed by atoms with Gasteiger partial charge in [-0.3, -0.25) is 0 Å². The summed E-state index contributed by atoms with van der Waals surface area (Å²) in [6.45, 7) is 0. The molecule has 0 amide bonds. The first kappa shape index (κ1) is 12.3. The summed E-state index contributed by atoms with van der Waals surface area (Å²) in [5, 5.41) is 47.1. The van der Waals surface area contributed by atoms with E-state index in [0.29, 0.717) is 4.90 Å². The highest BCUT2D eigenvalue weighted by Gasteiger charge is 2.13. The summed E-state index contributed by atoms with van der Waals surface area (Å²) in [6, 6.07) is 6.13. The first-order chi connectivity index (χ1) is 8.47. The van der Waals surface area contributed by atoms with Crippen molar-refractivity contribution in [2.24, 2.45) is 0 Å². The van der Waals surface area contributed by atoms with Crippen LogP contribution in [0.1, 0.15) is 0 Å². The topological polar surface area (TPSA) is 101 Å². The molecule has 0 aliphatic heterocycles. The van der Waals surface area contributed by atoms with Crippen LogP contribution in [0, 0.1) is 0 Å². The molecule has 0 unspecified atom stereocenters. The number of hydrogen-bond acceptors (Lipinski definition) is 6. The standard InChI is InChI=1S/C12H10O5S/c13-6-1-2-11(8(15)3-6)18-12-9(16)4-7(14)5-10(12)17/h1-5,13-17H. The molecule has 0 atom stereocenters. The van der Waals surface area contributed by atoms with Crippen molar-refractivity contribution in [3.63, 3.8) is 0 Å². The molecule has 0 aliphatic carbocycles. The molecule has 0 heterocycles. The van der Waals surface area contributed by atoms with Crippen LogP contribution in [0.3, 0.4) is 0 Å². The molecule has 0 spiro atoms. The minimum absolute atomic E-state index is 0.0870. The molecule has 2 rings (SSSR count). The number of phenols is 5. The first-order valence-electron chi connectivity index (χ1n) is 4.92. The molecule has 5 N–H and O–H groups in total. The van der Waals surface area contributed by atoms with Crippen LogP contribution in [-0.2, 0) is 0 Å². The van der Waals surface area contributed by atoms with E-state index in [4.69, 9.17) is 10.2 Å². The largest absolute Gasteiger partial charge is 0.508 e. The lowest BCUT2D eigenvalue weighted by Crippen LogP contribution is -1.79. The van der Waals surface area contributed by atoms with Gasteiger partial charge in [-0.1, -0.05) is 11.8 Å². The summed E-state index contributed by atoms with van der Waals surface area (Å²) in [5.41, 5.74) is 0. The van der Waals surface area contributed by atoms with E-state index in [1.165, 1.54) is 12.1 Å². The van der Waals surface area contributed by atoms with E-state index in [1.54, 1.807) is 0 Å². The van der Waals surface area contributed by atoms with Crippen LogP contribution >= 0.6 is 11.8 Å². The molecule has 2 aromatic carbocycles. The molecule has 0 aromatic heterocycles.